The van der Waals surface area contributed by atoms with Crippen LogP contribution in [0.3, 0.4) is 0 Å². The van der Waals surface area contributed by atoms with E-state index in [1.165, 1.54) is 11.1 Å². The Morgan fingerprint density at radius 1 is 1.37 bits per heavy atom. The summed E-state index contributed by atoms with van der Waals surface area (Å²) >= 11 is 0. The average molecular weight is 261 g/mol. The fraction of sp³-hybridized carbons (Fsp3) is 0.562. The Kier molecular flexibility index (Phi) is 4.97. The smallest absolute Gasteiger partial charge is 0.306 e. The molecular weight excluding hydrogens is 238 g/mol. The van der Waals surface area contributed by atoms with E-state index in [-0.39, 0.29) is 5.92 Å². The van der Waals surface area contributed by atoms with Gasteiger partial charge in [-0.1, -0.05) is 30.7 Å². The molecule has 0 spiro atoms. The normalized spacial score (nSPS) is 23.2. The molecule has 2 N–H and O–H groups in total. The van der Waals surface area contributed by atoms with E-state index in [0.717, 1.165) is 38.6 Å². The molecule has 0 aliphatic heterocycles. The van der Waals surface area contributed by atoms with Crippen LogP contribution in [0.5, 0.6) is 0 Å². The minimum atomic E-state index is -0.634. The molecule has 1 aliphatic carbocycles. The zero-order valence-corrected chi connectivity index (χ0v) is 11.6. The number of carboxylic acids is 1. The third-order valence-electron chi connectivity index (χ3n) is 4.11. The summed E-state index contributed by atoms with van der Waals surface area (Å²) in [5.74, 6) is -0.782. The Balaban J connectivity index is 1.77. The Hall–Kier alpha value is -1.35. The maximum Gasteiger partial charge on any atom is 0.306 e. The molecule has 3 nitrogen and oxygen atoms in total. The van der Waals surface area contributed by atoms with Crippen molar-refractivity contribution in [2.45, 2.75) is 45.1 Å². The summed E-state index contributed by atoms with van der Waals surface area (Å²) in [6.07, 6.45) is 4.77. The number of nitrogens with one attached hydrogen (secondary N) is 1. The lowest BCUT2D eigenvalue weighted by atomic mass is 9.86. The fourth-order valence-electron chi connectivity index (χ4n) is 2.90. The Morgan fingerprint density at radius 3 is 2.89 bits per heavy atom. The molecule has 0 amide bonds. The van der Waals surface area contributed by atoms with Crippen molar-refractivity contribution in [2.24, 2.45) is 5.92 Å². The highest BCUT2D eigenvalue weighted by Gasteiger charge is 2.26. The number of carbonyl (C=O) groups is 1. The largest absolute Gasteiger partial charge is 0.481 e. The minimum absolute atomic E-state index is 0.148. The molecule has 2 unspecified atom stereocenters. The molecule has 2 atom stereocenters. The first-order valence-electron chi connectivity index (χ1n) is 7.17. The SMILES string of the molecule is Cc1ccccc1CCNC1CCCC(C(=O)O)C1. The van der Waals surface area contributed by atoms with Crippen LogP contribution in [-0.2, 0) is 11.2 Å². The Bertz CT molecular complexity index is 431. The monoisotopic (exact) mass is 261 g/mol. The molecule has 0 bridgehead atoms. The van der Waals surface area contributed by atoms with Gasteiger partial charge in [0.15, 0.2) is 0 Å². The highest BCUT2D eigenvalue weighted by Crippen LogP contribution is 2.24. The Labute approximate surface area is 115 Å². The summed E-state index contributed by atoms with van der Waals surface area (Å²) in [6, 6.07) is 8.81. The first-order valence-corrected chi connectivity index (χ1v) is 7.17. The quantitative estimate of drug-likeness (QED) is 0.857. The van der Waals surface area contributed by atoms with Gasteiger partial charge in [-0.15, -0.1) is 0 Å². The van der Waals surface area contributed by atoms with E-state index in [0.29, 0.717) is 6.04 Å². The van der Waals surface area contributed by atoms with E-state index in [9.17, 15) is 4.79 Å². The van der Waals surface area contributed by atoms with Gasteiger partial charge in [-0.25, -0.2) is 0 Å². The van der Waals surface area contributed by atoms with Crippen molar-refractivity contribution < 1.29 is 9.90 Å². The predicted octanol–water partition coefficient (Wildman–Crippen LogP) is 2.77. The highest BCUT2D eigenvalue weighted by atomic mass is 16.4. The zero-order valence-electron chi connectivity index (χ0n) is 11.6. The van der Waals surface area contributed by atoms with Gasteiger partial charge in [0, 0.05) is 6.04 Å². The molecule has 0 aromatic heterocycles. The summed E-state index contributed by atoms with van der Waals surface area (Å²) in [4.78, 5) is 11.0. The third-order valence-corrected chi connectivity index (χ3v) is 4.11. The van der Waals surface area contributed by atoms with Crippen molar-refractivity contribution in [3.63, 3.8) is 0 Å². The van der Waals surface area contributed by atoms with Crippen LogP contribution in [0.2, 0.25) is 0 Å². The second-order valence-corrected chi connectivity index (χ2v) is 5.53. The van der Waals surface area contributed by atoms with Crippen LogP contribution in [0.1, 0.15) is 36.8 Å². The zero-order chi connectivity index (χ0) is 13.7. The van der Waals surface area contributed by atoms with Crippen LogP contribution in [0.4, 0.5) is 0 Å². The first kappa shape index (κ1) is 14.1. The van der Waals surface area contributed by atoms with Gasteiger partial charge in [0.05, 0.1) is 5.92 Å². The maximum atomic E-state index is 11.0. The number of aryl methyl sites for hydroxylation is 1. The second kappa shape index (κ2) is 6.71. The second-order valence-electron chi connectivity index (χ2n) is 5.53. The molecule has 2 rings (SSSR count). The average Bonchev–Trinajstić information content (AvgIpc) is 2.41. The molecule has 19 heavy (non-hydrogen) atoms. The van der Waals surface area contributed by atoms with Crippen LogP contribution < -0.4 is 5.32 Å². The van der Waals surface area contributed by atoms with Gasteiger partial charge in [0.1, 0.15) is 0 Å². The predicted molar refractivity (Wildman–Crippen MR) is 76.3 cm³/mol. The van der Waals surface area contributed by atoms with E-state index in [2.05, 4.69) is 36.5 Å². The van der Waals surface area contributed by atoms with E-state index < -0.39 is 5.97 Å². The van der Waals surface area contributed by atoms with Crippen molar-refractivity contribution in [1.82, 2.24) is 5.32 Å². The molecule has 0 saturated heterocycles. The molecule has 3 heteroatoms. The van der Waals surface area contributed by atoms with Gasteiger partial charge < -0.3 is 10.4 Å². The number of hydrogen-bond donors (Lipinski definition) is 2. The maximum absolute atomic E-state index is 11.0. The number of hydrogen-bond acceptors (Lipinski definition) is 2. The van der Waals surface area contributed by atoms with Crippen molar-refractivity contribution in [2.75, 3.05) is 6.54 Å². The van der Waals surface area contributed by atoms with Crippen LogP contribution >= 0.6 is 0 Å². The number of rotatable bonds is 5. The van der Waals surface area contributed by atoms with Crippen LogP contribution in [-0.4, -0.2) is 23.7 Å². The molecule has 0 heterocycles. The lowest BCUT2D eigenvalue weighted by molar-refractivity contribution is -0.143. The van der Waals surface area contributed by atoms with Gasteiger partial charge >= 0.3 is 5.97 Å². The number of carboxylic acid groups (broad SMARTS) is 1. The molecule has 1 fully saturated rings. The molecule has 1 aliphatic rings. The van der Waals surface area contributed by atoms with E-state index >= 15 is 0 Å². The summed E-state index contributed by atoms with van der Waals surface area (Å²) < 4.78 is 0. The van der Waals surface area contributed by atoms with Gasteiger partial charge in [-0.3, -0.25) is 4.79 Å². The summed E-state index contributed by atoms with van der Waals surface area (Å²) in [7, 11) is 0. The van der Waals surface area contributed by atoms with Gasteiger partial charge in [0.2, 0.25) is 0 Å². The van der Waals surface area contributed by atoms with Crippen molar-refractivity contribution in [3.8, 4) is 0 Å². The number of aliphatic carboxylic acids is 1. The molecular formula is C16H23NO2. The van der Waals surface area contributed by atoms with Crippen molar-refractivity contribution >= 4 is 5.97 Å². The van der Waals surface area contributed by atoms with E-state index in [4.69, 9.17) is 5.11 Å². The topological polar surface area (TPSA) is 49.3 Å². The molecule has 104 valence electrons. The third kappa shape index (κ3) is 4.06. The minimum Gasteiger partial charge on any atom is -0.481 e. The van der Waals surface area contributed by atoms with Crippen molar-refractivity contribution in [3.05, 3.63) is 35.4 Å². The summed E-state index contributed by atoms with van der Waals surface area (Å²) in [5, 5.41) is 12.6. The van der Waals surface area contributed by atoms with Gasteiger partial charge in [0.25, 0.3) is 0 Å². The fourth-order valence-corrected chi connectivity index (χ4v) is 2.90. The summed E-state index contributed by atoms with van der Waals surface area (Å²) in [5.41, 5.74) is 2.71. The van der Waals surface area contributed by atoms with Crippen molar-refractivity contribution in [1.29, 1.82) is 0 Å². The lowest BCUT2D eigenvalue weighted by Gasteiger charge is -2.27. The van der Waals surface area contributed by atoms with Gasteiger partial charge in [-0.2, -0.15) is 0 Å². The van der Waals surface area contributed by atoms with E-state index in [1.54, 1.807) is 0 Å². The van der Waals surface area contributed by atoms with Gasteiger partial charge in [-0.05, 0) is 50.3 Å². The standard InChI is InChI=1S/C16H23NO2/c1-12-5-2-3-6-13(12)9-10-17-15-8-4-7-14(11-15)16(18)19/h2-3,5-6,14-15,17H,4,7-11H2,1H3,(H,18,19). The summed E-state index contributed by atoms with van der Waals surface area (Å²) in [6.45, 7) is 3.07. The lowest BCUT2D eigenvalue weighted by Crippen LogP contribution is -2.37. The van der Waals surface area contributed by atoms with Crippen LogP contribution in [0.15, 0.2) is 24.3 Å². The highest BCUT2D eigenvalue weighted by molar-refractivity contribution is 5.70. The molecule has 1 aromatic rings. The van der Waals surface area contributed by atoms with Crippen LogP contribution in [0.25, 0.3) is 0 Å². The molecule has 0 radical (unpaired) electrons. The first-order chi connectivity index (χ1) is 9.16. The number of benzene rings is 1. The van der Waals surface area contributed by atoms with Crippen LogP contribution in [0, 0.1) is 12.8 Å². The molecule has 1 aromatic carbocycles. The molecule has 1 saturated carbocycles. The van der Waals surface area contributed by atoms with E-state index in [1.807, 2.05) is 0 Å². The Morgan fingerprint density at radius 2 is 2.16 bits per heavy atom.